The molecule has 0 bridgehead atoms. The molecule has 0 aliphatic carbocycles. The van der Waals surface area contributed by atoms with Crippen molar-refractivity contribution in [2.24, 2.45) is 0 Å². The van der Waals surface area contributed by atoms with Crippen LogP contribution in [-0.4, -0.2) is 35.6 Å². The van der Waals surface area contributed by atoms with E-state index in [2.05, 4.69) is 27.8 Å². The van der Waals surface area contributed by atoms with Crippen molar-refractivity contribution in [1.82, 2.24) is 10.2 Å². The number of carbonyl (C=O) groups excluding carboxylic acids is 2. The summed E-state index contributed by atoms with van der Waals surface area (Å²) < 4.78 is 5.70. The van der Waals surface area contributed by atoms with Gasteiger partial charge in [0.15, 0.2) is 11.5 Å². The summed E-state index contributed by atoms with van der Waals surface area (Å²) in [5, 5.41) is 12.5. The second kappa shape index (κ2) is 6.01. The summed E-state index contributed by atoms with van der Waals surface area (Å²) in [5.74, 6) is -0.327. The molecule has 1 aliphatic heterocycles. The number of phenolic OH excluding ortho intramolecular Hbond substituents is 1. The van der Waals surface area contributed by atoms with Crippen LogP contribution in [0.25, 0.3) is 6.08 Å². The lowest BCUT2D eigenvalue weighted by atomic mass is 10.1. The zero-order valence-electron chi connectivity index (χ0n) is 11.2. The summed E-state index contributed by atoms with van der Waals surface area (Å²) in [6, 6.07) is 2.68. The van der Waals surface area contributed by atoms with Crippen molar-refractivity contribution >= 4 is 33.9 Å². The molecule has 0 atom stereocenters. The van der Waals surface area contributed by atoms with E-state index in [4.69, 9.17) is 4.74 Å². The van der Waals surface area contributed by atoms with Crippen molar-refractivity contribution < 1.29 is 19.4 Å². The second-order valence-corrected chi connectivity index (χ2v) is 5.15. The molecule has 0 aromatic heterocycles. The number of rotatable bonds is 4. The minimum absolute atomic E-state index is 0.0808. The number of methoxy groups -OCH3 is 1. The molecule has 3 amide bonds. The van der Waals surface area contributed by atoms with E-state index in [9.17, 15) is 14.7 Å². The molecular weight excluding hydrogens is 340 g/mol. The summed E-state index contributed by atoms with van der Waals surface area (Å²) in [6.07, 6.45) is 2.85. The largest absolute Gasteiger partial charge is 0.504 e. The van der Waals surface area contributed by atoms with Gasteiger partial charge in [-0.05, 0) is 18.2 Å². The molecule has 21 heavy (non-hydrogen) atoms. The third-order valence-corrected chi connectivity index (χ3v) is 3.32. The van der Waals surface area contributed by atoms with Gasteiger partial charge in [-0.2, -0.15) is 0 Å². The molecule has 1 aromatic carbocycles. The molecule has 1 fully saturated rings. The predicted octanol–water partition coefficient (Wildman–Crippen LogP) is 2.24. The van der Waals surface area contributed by atoms with Crippen molar-refractivity contribution in [3.8, 4) is 11.5 Å². The van der Waals surface area contributed by atoms with Gasteiger partial charge in [-0.3, -0.25) is 9.69 Å². The fraction of sp³-hybridized carbons (Fsp3) is 0.143. The van der Waals surface area contributed by atoms with Gasteiger partial charge in [0.1, 0.15) is 5.70 Å². The maximum absolute atomic E-state index is 12.1. The quantitative estimate of drug-likeness (QED) is 0.494. The summed E-state index contributed by atoms with van der Waals surface area (Å²) >= 11 is 3.28. The minimum atomic E-state index is -0.521. The van der Waals surface area contributed by atoms with Crippen LogP contribution in [-0.2, 0) is 4.79 Å². The molecule has 1 aliphatic rings. The van der Waals surface area contributed by atoms with Crippen LogP contribution in [0.1, 0.15) is 5.56 Å². The van der Waals surface area contributed by atoms with Gasteiger partial charge in [-0.25, -0.2) is 4.79 Å². The number of phenols is 1. The maximum Gasteiger partial charge on any atom is 0.329 e. The van der Waals surface area contributed by atoms with Crippen molar-refractivity contribution in [1.29, 1.82) is 0 Å². The van der Waals surface area contributed by atoms with Crippen LogP contribution in [0.5, 0.6) is 11.5 Å². The molecule has 110 valence electrons. The molecular formula is C14H13BrN2O4. The SMILES string of the molecule is C=CCN1C(=O)N/C(=C\c2cc(Br)cc(OC)c2O)C1=O. The lowest BCUT2D eigenvalue weighted by Crippen LogP contribution is -2.30. The topological polar surface area (TPSA) is 78.9 Å². The number of benzene rings is 1. The van der Waals surface area contributed by atoms with E-state index in [0.29, 0.717) is 10.0 Å². The summed E-state index contributed by atoms with van der Waals surface area (Å²) in [6.45, 7) is 3.62. The molecule has 0 unspecified atom stereocenters. The Hall–Kier alpha value is -2.28. The van der Waals surface area contributed by atoms with E-state index >= 15 is 0 Å². The van der Waals surface area contributed by atoms with Crippen LogP contribution in [0.4, 0.5) is 4.79 Å². The van der Waals surface area contributed by atoms with Gasteiger partial charge in [0.2, 0.25) is 0 Å². The highest BCUT2D eigenvalue weighted by molar-refractivity contribution is 9.10. The smallest absolute Gasteiger partial charge is 0.329 e. The molecule has 0 radical (unpaired) electrons. The molecule has 2 rings (SSSR count). The third kappa shape index (κ3) is 2.92. The number of hydrogen-bond acceptors (Lipinski definition) is 4. The number of halogens is 1. The van der Waals surface area contributed by atoms with Gasteiger partial charge in [-0.1, -0.05) is 22.0 Å². The van der Waals surface area contributed by atoms with Crippen molar-refractivity contribution in [3.05, 3.63) is 40.5 Å². The summed E-state index contributed by atoms with van der Waals surface area (Å²) in [7, 11) is 1.42. The Morgan fingerprint density at radius 2 is 2.19 bits per heavy atom. The monoisotopic (exact) mass is 352 g/mol. The lowest BCUT2D eigenvalue weighted by Gasteiger charge is -2.08. The van der Waals surface area contributed by atoms with Gasteiger partial charge >= 0.3 is 6.03 Å². The minimum Gasteiger partial charge on any atom is -0.504 e. The van der Waals surface area contributed by atoms with Crippen LogP contribution < -0.4 is 10.1 Å². The normalized spacial score (nSPS) is 16.3. The number of amides is 3. The zero-order valence-corrected chi connectivity index (χ0v) is 12.8. The molecule has 1 heterocycles. The average molecular weight is 353 g/mol. The number of hydrogen-bond donors (Lipinski definition) is 2. The summed E-state index contributed by atoms with van der Waals surface area (Å²) in [4.78, 5) is 24.7. The molecule has 6 nitrogen and oxygen atoms in total. The van der Waals surface area contributed by atoms with Gasteiger partial charge in [0.25, 0.3) is 5.91 Å². The predicted molar refractivity (Wildman–Crippen MR) is 80.8 cm³/mol. The van der Waals surface area contributed by atoms with Crippen LogP contribution >= 0.6 is 15.9 Å². The van der Waals surface area contributed by atoms with Crippen LogP contribution in [0.3, 0.4) is 0 Å². The first-order valence-electron chi connectivity index (χ1n) is 6.00. The number of ether oxygens (including phenoxy) is 1. The maximum atomic E-state index is 12.1. The molecule has 0 spiro atoms. The Kier molecular flexibility index (Phi) is 4.32. The van der Waals surface area contributed by atoms with Crippen molar-refractivity contribution in [2.75, 3.05) is 13.7 Å². The van der Waals surface area contributed by atoms with E-state index in [1.165, 1.54) is 19.3 Å². The Bertz CT molecular complexity index is 655. The third-order valence-electron chi connectivity index (χ3n) is 2.86. The molecule has 0 saturated carbocycles. The zero-order chi connectivity index (χ0) is 15.6. The average Bonchev–Trinajstić information content (AvgIpc) is 2.70. The molecule has 2 N–H and O–H groups in total. The number of aromatic hydroxyl groups is 1. The Morgan fingerprint density at radius 1 is 1.48 bits per heavy atom. The highest BCUT2D eigenvalue weighted by Crippen LogP contribution is 2.35. The first kappa shape index (κ1) is 15.1. The fourth-order valence-electron chi connectivity index (χ4n) is 1.88. The van der Waals surface area contributed by atoms with E-state index in [1.54, 1.807) is 12.1 Å². The Balaban J connectivity index is 2.41. The first-order valence-corrected chi connectivity index (χ1v) is 6.79. The highest BCUT2D eigenvalue weighted by Gasteiger charge is 2.32. The summed E-state index contributed by atoms with van der Waals surface area (Å²) in [5.41, 5.74) is 0.433. The lowest BCUT2D eigenvalue weighted by molar-refractivity contribution is -0.122. The number of nitrogens with one attached hydrogen (secondary N) is 1. The molecule has 1 aromatic rings. The molecule has 7 heteroatoms. The van der Waals surface area contributed by atoms with E-state index < -0.39 is 11.9 Å². The van der Waals surface area contributed by atoms with E-state index in [-0.39, 0.29) is 23.7 Å². The first-order chi connectivity index (χ1) is 9.97. The Labute approximate surface area is 129 Å². The van der Waals surface area contributed by atoms with Crippen molar-refractivity contribution in [3.63, 3.8) is 0 Å². The van der Waals surface area contributed by atoms with E-state index in [1.807, 2.05) is 0 Å². The highest BCUT2D eigenvalue weighted by atomic mass is 79.9. The van der Waals surface area contributed by atoms with Crippen LogP contribution in [0.15, 0.2) is 35.0 Å². The van der Waals surface area contributed by atoms with E-state index in [0.717, 1.165) is 4.90 Å². The van der Waals surface area contributed by atoms with Gasteiger partial charge in [-0.15, -0.1) is 6.58 Å². The number of carbonyl (C=O) groups is 2. The van der Waals surface area contributed by atoms with Gasteiger partial charge in [0.05, 0.1) is 7.11 Å². The number of imide groups is 1. The standard InChI is InChI=1S/C14H13BrN2O4/c1-3-4-17-13(19)10(16-14(17)20)6-8-5-9(15)7-11(21-2)12(8)18/h3,5-7,18H,1,4H2,2H3,(H,16,20)/b10-6-. The van der Waals surface area contributed by atoms with Gasteiger partial charge < -0.3 is 15.2 Å². The Morgan fingerprint density at radius 3 is 2.81 bits per heavy atom. The second-order valence-electron chi connectivity index (χ2n) is 4.24. The number of urea groups is 1. The van der Waals surface area contributed by atoms with Crippen molar-refractivity contribution in [2.45, 2.75) is 0 Å². The fourth-order valence-corrected chi connectivity index (χ4v) is 2.34. The molecule has 1 saturated heterocycles. The van der Waals surface area contributed by atoms with Crippen LogP contribution in [0.2, 0.25) is 0 Å². The van der Waals surface area contributed by atoms with Gasteiger partial charge in [0, 0.05) is 16.6 Å². The number of nitrogens with zero attached hydrogens (tertiary/aromatic N) is 1. The van der Waals surface area contributed by atoms with Crippen LogP contribution in [0, 0.1) is 0 Å².